The molecule has 1 saturated carbocycles. The molecule has 3 rings (SSSR count). The maximum atomic E-state index is 5.32. The third-order valence-electron chi connectivity index (χ3n) is 3.38. The van der Waals surface area contributed by atoms with E-state index in [1.165, 1.54) is 12.8 Å². The second kappa shape index (κ2) is 3.00. The molecule has 2 saturated heterocycles. The first-order valence-electron chi connectivity index (χ1n) is 5.00. The lowest BCUT2D eigenvalue weighted by atomic mass is 9.73. The highest BCUT2D eigenvalue weighted by Gasteiger charge is 2.43. The van der Waals surface area contributed by atoms with Crippen molar-refractivity contribution >= 4 is 0 Å². The highest BCUT2D eigenvalue weighted by molar-refractivity contribution is 4.88. The van der Waals surface area contributed by atoms with Crippen LogP contribution >= 0.6 is 0 Å². The van der Waals surface area contributed by atoms with Crippen molar-refractivity contribution in [3.05, 3.63) is 0 Å². The molecule has 4 unspecified atom stereocenters. The summed E-state index contributed by atoms with van der Waals surface area (Å²) in [5.41, 5.74) is 0. The third-order valence-corrected chi connectivity index (χ3v) is 3.38. The lowest BCUT2D eigenvalue weighted by molar-refractivity contribution is -0.424. The standard InChI is InChI=1S/C10H18O2/c1-6(2)8-5-9-7(3)4-10(8)12-11-9/h6-10H,4-5H2,1-3H3. The Bertz CT molecular complexity index is 167. The van der Waals surface area contributed by atoms with E-state index in [0.717, 1.165) is 11.8 Å². The average Bonchev–Trinajstić information content (AvgIpc) is 2.04. The van der Waals surface area contributed by atoms with Crippen LogP contribution < -0.4 is 0 Å². The van der Waals surface area contributed by atoms with Crippen LogP contribution in [0.25, 0.3) is 0 Å². The molecule has 12 heavy (non-hydrogen) atoms. The van der Waals surface area contributed by atoms with Crippen LogP contribution in [-0.2, 0) is 9.78 Å². The second-order valence-corrected chi connectivity index (χ2v) is 4.63. The van der Waals surface area contributed by atoms with Crippen molar-refractivity contribution in [2.45, 2.75) is 45.8 Å². The molecular formula is C10H18O2. The molecule has 0 N–H and O–H groups in total. The van der Waals surface area contributed by atoms with Crippen molar-refractivity contribution < 1.29 is 9.78 Å². The monoisotopic (exact) mass is 170 g/mol. The van der Waals surface area contributed by atoms with E-state index in [1.807, 2.05) is 0 Å². The molecule has 0 aromatic rings. The number of rotatable bonds is 1. The van der Waals surface area contributed by atoms with Gasteiger partial charge in [-0.05, 0) is 30.6 Å². The molecule has 3 fully saturated rings. The zero-order chi connectivity index (χ0) is 8.72. The van der Waals surface area contributed by atoms with Crippen LogP contribution in [0, 0.1) is 17.8 Å². The Morgan fingerprint density at radius 2 is 1.75 bits per heavy atom. The van der Waals surface area contributed by atoms with Crippen molar-refractivity contribution in [2.24, 2.45) is 17.8 Å². The van der Waals surface area contributed by atoms with E-state index in [9.17, 15) is 0 Å². The minimum absolute atomic E-state index is 0.363. The highest BCUT2D eigenvalue weighted by Crippen LogP contribution is 2.41. The van der Waals surface area contributed by atoms with Crippen LogP contribution in [0.15, 0.2) is 0 Å². The van der Waals surface area contributed by atoms with E-state index in [4.69, 9.17) is 9.78 Å². The van der Waals surface area contributed by atoms with Gasteiger partial charge < -0.3 is 0 Å². The molecule has 2 bridgehead atoms. The zero-order valence-corrected chi connectivity index (χ0v) is 8.12. The van der Waals surface area contributed by atoms with E-state index in [2.05, 4.69) is 20.8 Å². The molecule has 70 valence electrons. The summed E-state index contributed by atoms with van der Waals surface area (Å²) in [6.07, 6.45) is 3.12. The lowest BCUT2D eigenvalue weighted by Crippen LogP contribution is -2.48. The highest BCUT2D eigenvalue weighted by atomic mass is 17.2. The average molecular weight is 170 g/mol. The summed E-state index contributed by atoms with van der Waals surface area (Å²) in [4.78, 5) is 10.6. The maximum Gasteiger partial charge on any atom is 0.0965 e. The van der Waals surface area contributed by atoms with Crippen LogP contribution in [0.1, 0.15) is 33.6 Å². The Hall–Kier alpha value is -0.0800. The molecule has 2 nitrogen and oxygen atoms in total. The van der Waals surface area contributed by atoms with E-state index in [-0.39, 0.29) is 0 Å². The summed E-state index contributed by atoms with van der Waals surface area (Å²) >= 11 is 0. The van der Waals surface area contributed by atoms with Crippen LogP contribution in [0.2, 0.25) is 0 Å². The summed E-state index contributed by atoms with van der Waals surface area (Å²) in [6.45, 7) is 6.82. The Balaban J connectivity index is 2.05. The van der Waals surface area contributed by atoms with Crippen LogP contribution in [0.5, 0.6) is 0 Å². The Morgan fingerprint density at radius 1 is 1.08 bits per heavy atom. The van der Waals surface area contributed by atoms with Crippen molar-refractivity contribution in [3.8, 4) is 0 Å². The van der Waals surface area contributed by atoms with Gasteiger partial charge in [-0.1, -0.05) is 20.8 Å². The summed E-state index contributed by atoms with van der Waals surface area (Å²) in [7, 11) is 0. The van der Waals surface area contributed by atoms with Crippen LogP contribution in [0.4, 0.5) is 0 Å². The van der Waals surface area contributed by atoms with Crippen molar-refractivity contribution in [3.63, 3.8) is 0 Å². The molecule has 2 heterocycles. The van der Waals surface area contributed by atoms with Crippen LogP contribution in [-0.4, -0.2) is 12.2 Å². The third kappa shape index (κ3) is 1.27. The van der Waals surface area contributed by atoms with Gasteiger partial charge in [0, 0.05) is 0 Å². The number of hydrogen-bond acceptors (Lipinski definition) is 2. The van der Waals surface area contributed by atoms with Gasteiger partial charge in [0.25, 0.3) is 0 Å². The van der Waals surface area contributed by atoms with Gasteiger partial charge in [-0.3, -0.25) is 0 Å². The maximum absolute atomic E-state index is 5.32. The normalized spacial score (nSPS) is 47.0. The lowest BCUT2D eigenvalue weighted by Gasteiger charge is -2.45. The number of fused-ring (bicyclic) bond motifs is 3. The van der Waals surface area contributed by atoms with Gasteiger partial charge in [0.05, 0.1) is 12.2 Å². The predicted molar refractivity (Wildman–Crippen MR) is 46.5 cm³/mol. The molecule has 2 aliphatic heterocycles. The summed E-state index contributed by atoms with van der Waals surface area (Å²) < 4.78 is 0. The molecule has 0 aromatic carbocycles. The molecule has 0 spiro atoms. The molecule has 0 radical (unpaired) electrons. The van der Waals surface area contributed by atoms with Crippen molar-refractivity contribution in [1.82, 2.24) is 0 Å². The Morgan fingerprint density at radius 3 is 2.17 bits per heavy atom. The quantitative estimate of drug-likeness (QED) is 0.562. The first kappa shape index (κ1) is 8.52. The van der Waals surface area contributed by atoms with Crippen LogP contribution in [0.3, 0.4) is 0 Å². The van der Waals surface area contributed by atoms with Gasteiger partial charge in [-0.2, -0.15) is 0 Å². The molecule has 3 aliphatic rings. The molecule has 1 aliphatic carbocycles. The van der Waals surface area contributed by atoms with E-state index < -0.39 is 0 Å². The van der Waals surface area contributed by atoms with Gasteiger partial charge in [-0.25, -0.2) is 9.78 Å². The van der Waals surface area contributed by atoms with Crippen molar-refractivity contribution in [2.75, 3.05) is 0 Å². The number of hydrogen-bond donors (Lipinski definition) is 0. The fraction of sp³-hybridized carbons (Fsp3) is 1.00. The van der Waals surface area contributed by atoms with Crippen molar-refractivity contribution in [1.29, 1.82) is 0 Å². The smallest absolute Gasteiger partial charge is 0.0965 e. The molecule has 2 heteroatoms. The molecule has 4 atom stereocenters. The minimum Gasteiger partial charge on any atom is -0.233 e. The van der Waals surface area contributed by atoms with Gasteiger partial charge in [0.15, 0.2) is 0 Å². The topological polar surface area (TPSA) is 18.5 Å². The fourth-order valence-corrected chi connectivity index (χ4v) is 2.43. The van der Waals surface area contributed by atoms with Gasteiger partial charge in [0.1, 0.15) is 0 Å². The first-order valence-corrected chi connectivity index (χ1v) is 5.00. The fourth-order valence-electron chi connectivity index (χ4n) is 2.43. The minimum atomic E-state index is 0.363. The Kier molecular flexibility index (Phi) is 2.13. The summed E-state index contributed by atoms with van der Waals surface area (Å²) in [6, 6.07) is 0. The predicted octanol–water partition coefficient (Wildman–Crippen LogP) is 2.39. The second-order valence-electron chi connectivity index (χ2n) is 4.63. The Labute approximate surface area is 74.2 Å². The van der Waals surface area contributed by atoms with Gasteiger partial charge in [0.2, 0.25) is 0 Å². The molecular weight excluding hydrogens is 152 g/mol. The van der Waals surface area contributed by atoms with E-state index in [0.29, 0.717) is 18.1 Å². The zero-order valence-electron chi connectivity index (χ0n) is 8.12. The largest absolute Gasteiger partial charge is 0.233 e. The molecule has 0 amide bonds. The van der Waals surface area contributed by atoms with E-state index >= 15 is 0 Å². The summed E-state index contributed by atoms with van der Waals surface area (Å²) in [5, 5.41) is 0. The summed E-state index contributed by atoms with van der Waals surface area (Å²) in [5.74, 6) is 2.15. The SMILES string of the molecule is CC(C)C1CC2OOC1CC2C. The first-order chi connectivity index (χ1) is 5.68. The van der Waals surface area contributed by atoms with Gasteiger partial charge >= 0.3 is 0 Å². The molecule has 0 aromatic heterocycles. The van der Waals surface area contributed by atoms with E-state index in [1.54, 1.807) is 0 Å². The van der Waals surface area contributed by atoms with Gasteiger partial charge in [-0.15, -0.1) is 0 Å².